The van der Waals surface area contributed by atoms with Gasteiger partial charge in [-0.1, -0.05) is 11.8 Å². The molecule has 1 heterocycles. The predicted octanol–water partition coefficient (Wildman–Crippen LogP) is 1.70. The van der Waals surface area contributed by atoms with Gasteiger partial charge in [0.2, 0.25) is 5.89 Å². The highest BCUT2D eigenvalue weighted by Crippen LogP contribution is 2.21. The highest BCUT2D eigenvalue weighted by atomic mass is 32.2. The van der Waals surface area contributed by atoms with Crippen LogP contribution in [0.2, 0.25) is 0 Å². The Hall–Kier alpha value is -2.42. The van der Waals surface area contributed by atoms with Crippen LogP contribution in [0.1, 0.15) is 23.2 Å². The van der Waals surface area contributed by atoms with Crippen molar-refractivity contribution in [2.24, 2.45) is 0 Å². The van der Waals surface area contributed by atoms with Crippen molar-refractivity contribution in [2.45, 2.75) is 23.9 Å². The van der Waals surface area contributed by atoms with Gasteiger partial charge in [0.1, 0.15) is 11.1 Å². The minimum atomic E-state index is -0.991. The summed E-state index contributed by atoms with van der Waals surface area (Å²) < 4.78 is 18.0. The van der Waals surface area contributed by atoms with Crippen LogP contribution in [0.15, 0.2) is 33.9 Å². The third-order valence-corrected chi connectivity index (χ3v) is 3.50. The van der Waals surface area contributed by atoms with Crippen molar-refractivity contribution in [3.8, 4) is 0 Å². The van der Waals surface area contributed by atoms with Crippen LogP contribution in [-0.2, 0) is 11.3 Å². The number of aliphatic carboxylic acids is 1. The lowest BCUT2D eigenvalue weighted by atomic mass is 10.2. The van der Waals surface area contributed by atoms with E-state index in [1.807, 2.05) is 0 Å². The average Bonchev–Trinajstić information content (AvgIpc) is 2.93. The Morgan fingerprint density at radius 2 is 2.05 bits per heavy atom. The molecular formula is C13H12FN3O4S. The van der Waals surface area contributed by atoms with E-state index >= 15 is 0 Å². The third kappa shape index (κ3) is 4.29. The summed E-state index contributed by atoms with van der Waals surface area (Å²) in [5, 5.41) is 18.1. The maximum absolute atomic E-state index is 12.8. The topological polar surface area (TPSA) is 105 Å². The molecule has 1 atom stereocenters. The van der Waals surface area contributed by atoms with Gasteiger partial charge in [-0.2, -0.15) is 0 Å². The molecule has 0 spiro atoms. The highest BCUT2D eigenvalue weighted by molar-refractivity contribution is 8.00. The number of nitrogens with zero attached hydrogens (tertiary/aromatic N) is 2. The van der Waals surface area contributed by atoms with Crippen molar-refractivity contribution in [2.75, 3.05) is 0 Å². The number of carbonyl (C=O) groups excluding carboxylic acids is 1. The number of amides is 1. The molecule has 0 unspecified atom stereocenters. The van der Waals surface area contributed by atoms with Gasteiger partial charge in [-0.05, 0) is 31.2 Å². The fraction of sp³-hybridized carbons (Fsp3) is 0.231. The SMILES string of the molecule is C[C@H](Sc1nnc(CNC(=O)c2ccc(F)cc2)o1)C(=O)O. The van der Waals surface area contributed by atoms with E-state index in [2.05, 4.69) is 15.5 Å². The van der Waals surface area contributed by atoms with Crippen LogP contribution in [0.25, 0.3) is 0 Å². The lowest BCUT2D eigenvalue weighted by Crippen LogP contribution is -2.22. The van der Waals surface area contributed by atoms with E-state index < -0.39 is 22.9 Å². The number of rotatable bonds is 6. The molecule has 116 valence electrons. The molecule has 0 aliphatic carbocycles. The summed E-state index contributed by atoms with van der Waals surface area (Å²) in [6, 6.07) is 5.08. The van der Waals surface area contributed by atoms with E-state index in [9.17, 15) is 14.0 Å². The summed E-state index contributed by atoms with van der Waals surface area (Å²) in [7, 11) is 0. The van der Waals surface area contributed by atoms with Gasteiger partial charge in [-0.25, -0.2) is 4.39 Å². The number of nitrogens with one attached hydrogen (secondary N) is 1. The Bertz CT molecular complexity index is 674. The maximum atomic E-state index is 12.8. The normalized spacial score (nSPS) is 11.9. The first-order valence-electron chi connectivity index (χ1n) is 6.21. The second kappa shape index (κ2) is 7.03. The molecule has 1 amide bonds. The lowest BCUT2D eigenvalue weighted by Gasteiger charge is -2.02. The number of carbonyl (C=O) groups is 2. The summed E-state index contributed by atoms with van der Waals surface area (Å²) >= 11 is 0.911. The number of hydrogen-bond donors (Lipinski definition) is 2. The van der Waals surface area contributed by atoms with E-state index in [1.165, 1.54) is 31.2 Å². The van der Waals surface area contributed by atoms with Crippen molar-refractivity contribution in [1.82, 2.24) is 15.5 Å². The molecule has 1 aromatic carbocycles. The quantitative estimate of drug-likeness (QED) is 0.779. The predicted molar refractivity (Wildman–Crippen MR) is 74.8 cm³/mol. The molecule has 2 rings (SSSR count). The summed E-state index contributed by atoms with van der Waals surface area (Å²) in [5.74, 6) is -1.68. The number of carboxylic acids is 1. The van der Waals surface area contributed by atoms with Gasteiger partial charge in [-0.15, -0.1) is 10.2 Å². The van der Waals surface area contributed by atoms with Crippen molar-refractivity contribution in [3.63, 3.8) is 0 Å². The number of benzene rings is 1. The van der Waals surface area contributed by atoms with Gasteiger partial charge >= 0.3 is 5.97 Å². The van der Waals surface area contributed by atoms with Crippen molar-refractivity contribution in [3.05, 3.63) is 41.5 Å². The average molecular weight is 325 g/mol. The first-order chi connectivity index (χ1) is 10.5. The molecule has 1 aromatic heterocycles. The molecular weight excluding hydrogens is 313 g/mol. The van der Waals surface area contributed by atoms with Gasteiger partial charge in [0.25, 0.3) is 11.1 Å². The Labute approximate surface area is 128 Å². The van der Waals surface area contributed by atoms with E-state index in [-0.39, 0.29) is 17.7 Å². The zero-order chi connectivity index (χ0) is 16.1. The number of halogens is 1. The third-order valence-electron chi connectivity index (χ3n) is 2.58. The molecule has 7 nitrogen and oxygen atoms in total. The first kappa shape index (κ1) is 16.0. The molecule has 0 saturated heterocycles. The molecule has 0 radical (unpaired) electrons. The molecule has 22 heavy (non-hydrogen) atoms. The Morgan fingerprint density at radius 1 is 1.36 bits per heavy atom. The van der Waals surface area contributed by atoms with Crippen molar-refractivity contribution < 1.29 is 23.5 Å². The summed E-state index contributed by atoms with van der Waals surface area (Å²) in [6.07, 6.45) is 0. The molecule has 0 aliphatic heterocycles. The van der Waals surface area contributed by atoms with E-state index in [1.54, 1.807) is 0 Å². The zero-order valence-corrected chi connectivity index (χ0v) is 12.3. The van der Waals surface area contributed by atoms with Crippen LogP contribution in [0.3, 0.4) is 0 Å². The van der Waals surface area contributed by atoms with Crippen LogP contribution in [0, 0.1) is 5.82 Å². The minimum Gasteiger partial charge on any atom is -0.480 e. The summed E-state index contributed by atoms with van der Waals surface area (Å²) in [5.41, 5.74) is 0.301. The second-order valence-electron chi connectivity index (χ2n) is 4.25. The maximum Gasteiger partial charge on any atom is 0.316 e. The van der Waals surface area contributed by atoms with Crippen LogP contribution in [0.4, 0.5) is 4.39 Å². The first-order valence-corrected chi connectivity index (χ1v) is 7.09. The fourth-order valence-corrected chi connectivity index (χ4v) is 2.05. The van der Waals surface area contributed by atoms with E-state index in [0.29, 0.717) is 5.56 Å². The number of carboxylic acid groups (broad SMARTS) is 1. The smallest absolute Gasteiger partial charge is 0.316 e. The highest BCUT2D eigenvalue weighted by Gasteiger charge is 2.17. The van der Waals surface area contributed by atoms with Gasteiger partial charge in [0.05, 0.1) is 6.54 Å². The Balaban J connectivity index is 1.89. The van der Waals surface area contributed by atoms with Crippen molar-refractivity contribution >= 4 is 23.6 Å². The number of hydrogen-bond acceptors (Lipinski definition) is 6. The van der Waals surface area contributed by atoms with Crippen LogP contribution >= 0.6 is 11.8 Å². The number of aromatic nitrogens is 2. The second-order valence-corrected chi connectivity index (χ2v) is 5.54. The van der Waals surface area contributed by atoms with Crippen LogP contribution < -0.4 is 5.32 Å². The Morgan fingerprint density at radius 3 is 2.68 bits per heavy atom. The minimum absolute atomic E-state index is 0.00871. The molecule has 2 N–H and O–H groups in total. The van der Waals surface area contributed by atoms with Gasteiger partial charge in [0, 0.05) is 5.56 Å². The monoisotopic (exact) mass is 325 g/mol. The van der Waals surface area contributed by atoms with E-state index in [4.69, 9.17) is 9.52 Å². The van der Waals surface area contributed by atoms with Gasteiger partial charge in [-0.3, -0.25) is 9.59 Å². The summed E-state index contributed by atoms with van der Waals surface area (Å²) in [6.45, 7) is 1.48. The van der Waals surface area contributed by atoms with Gasteiger partial charge < -0.3 is 14.8 Å². The molecule has 2 aromatic rings. The molecule has 0 bridgehead atoms. The fourth-order valence-electron chi connectivity index (χ4n) is 1.42. The molecule has 9 heteroatoms. The van der Waals surface area contributed by atoms with Gasteiger partial charge in [0.15, 0.2) is 0 Å². The number of thioether (sulfide) groups is 1. The zero-order valence-electron chi connectivity index (χ0n) is 11.4. The molecule has 0 saturated carbocycles. The van der Waals surface area contributed by atoms with Crippen molar-refractivity contribution in [1.29, 1.82) is 0 Å². The summed E-state index contributed by atoms with van der Waals surface area (Å²) in [4.78, 5) is 22.5. The van der Waals surface area contributed by atoms with Crippen LogP contribution in [-0.4, -0.2) is 32.4 Å². The largest absolute Gasteiger partial charge is 0.480 e. The molecule has 0 aliphatic rings. The van der Waals surface area contributed by atoms with E-state index in [0.717, 1.165) is 11.8 Å². The molecule has 0 fully saturated rings. The van der Waals surface area contributed by atoms with Crippen LogP contribution in [0.5, 0.6) is 0 Å². The Kier molecular flexibility index (Phi) is 5.10. The lowest BCUT2D eigenvalue weighted by molar-refractivity contribution is -0.136. The standard InChI is InChI=1S/C13H12FN3O4S/c1-7(12(19)20)22-13-17-16-10(21-13)6-15-11(18)8-2-4-9(14)5-3-8/h2-5,7H,6H2,1H3,(H,15,18)(H,19,20)/t7-/m0/s1.